The van der Waals surface area contributed by atoms with Gasteiger partial charge >= 0.3 is 6.03 Å². The molecule has 2 N–H and O–H groups in total. The van der Waals surface area contributed by atoms with Gasteiger partial charge in [-0.2, -0.15) is 0 Å². The van der Waals surface area contributed by atoms with Gasteiger partial charge in [-0.25, -0.2) is 4.79 Å². The van der Waals surface area contributed by atoms with Crippen LogP contribution in [-0.2, 0) is 11.8 Å². The van der Waals surface area contributed by atoms with Crippen molar-refractivity contribution in [1.82, 2.24) is 10.1 Å². The SMILES string of the molecule is CC(C)(C)c1cc(NC(=O)N(CCO)C2CCc3ccccc32)no1. The van der Waals surface area contributed by atoms with E-state index in [-0.39, 0.29) is 30.6 Å². The van der Waals surface area contributed by atoms with Crippen molar-refractivity contribution in [3.63, 3.8) is 0 Å². The summed E-state index contributed by atoms with van der Waals surface area (Å²) in [5.41, 5.74) is 2.24. The van der Waals surface area contributed by atoms with E-state index in [9.17, 15) is 9.90 Å². The number of rotatable bonds is 4. The molecule has 0 bridgehead atoms. The molecule has 1 atom stereocenters. The van der Waals surface area contributed by atoms with Crippen LogP contribution in [0.15, 0.2) is 34.9 Å². The third-order valence-electron chi connectivity index (χ3n) is 4.56. The summed E-state index contributed by atoms with van der Waals surface area (Å²) in [4.78, 5) is 14.5. The molecule has 3 rings (SSSR count). The molecule has 0 fully saturated rings. The summed E-state index contributed by atoms with van der Waals surface area (Å²) in [6.07, 6.45) is 1.80. The quantitative estimate of drug-likeness (QED) is 0.891. The molecule has 25 heavy (non-hydrogen) atoms. The van der Waals surface area contributed by atoms with Crippen molar-refractivity contribution >= 4 is 11.8 Å². The highest BCUT2D eigenvalue weighted by Gasteiger charge is 2.31. The minimum absolute atomic E-state index is 0.0302. The van der Waals surface area contributed by atoms with Crippen molar-refractivity contribution in [3.8, 4) is 0 Å². The average Bonchev–Trinajstić information content (AvgIpc) is 3.19. The van der Waals surface area contributed by atoms with Crippen molar-refractivity contribution < 1.29 is 14.4 Å². The van der Waals surface area contributed by atoms with Crippen LogP contribution in [0, 0.1) is 0 Å². The van der Waals surface area contributed by atoms with Crippen molar-refractivity contribution in [1.29, 1.82) is 0 Å². The number of urea groups is 1. The molecule has 6 nitrogen and oxygen atoms in total. The molecular formula is C19H25N3O3. The lowest BCUT2D eigenvalue weighted by Gasteiger charge is -2.29. The summed E-state index contributed by atoms with van der Waals surface area (Å²) in [6.45, 7) is 6.25. The average molecular weight is 343 g/mol. The van der Waals surface area contributed by atoms with Gasteiger partial charge in [-0.15, -0.1) is 0 Å². The first-order valence-electron chi connectivity index (χ1n) is 8.63. The van der Waals surface area contributed by atoms with Crippen LogP contribution in [-0.4, -0.2) is 34.3 Å². The van der Waals surface area contributed by atoms with Crippen LogP contribution in [0.2, 0.25) is 0 Å². The highest BCUT2D eigenvalue weighted by Crippen LogP contribution is 2.35. The van der Waals surface area contributed by atoms with Crippen LogP contribution < -0.4 is 5.32 Å². The molecule has 1 aromatic carbocycles. The maximum absolute atomic E-state index is 12.8. The van der Waals surface area contributed by atoms with E-state index in [1.165, 1.54) is 5.56 Å². The zero-order chi connectivity index (χ0) is 18.0. The maximum atomic E-state index is 12.8. The number of carbonyl (C=O) groups is 1. The van der Waals surface area contributed by atoms with Crippen molar-refractivity contribution in [2.45, 2.75) is 45.1 Å². The second-order valence-electron chi connectivity index (χ2n) is 7.43. The van der Waals surface area contributed by atoms with Crippen LogP contribution in [0.3, 0.4) is 0 Å². The van der Waals surface area contributed by atoms with Crippen LogP contribution >= 0.6 is 0 Å². The maximum Gasteiger partial charge on any atom is 0.323 e. The Kier molecular flexibility index (Phi) is 4.81. The molecule has 0 radical (unpaired) electrons. The van der Waals surface area contributed by atoms with Gasteiger partial charge in [-0.1, -0.05) is 50.2 Å². The molecule has 1 aliphatic rings. The minimum Gasteiger partial charge on any atom is -0.395 e. The predicted octanol–water partition coefficient (Wildman–Crippen LogP) is 3.49. The van der Waals surface area contributed by atoms with Crippen LogP contribution in [0.5, 0.6) is 0 Å². The Bertz CT molecular complexity index is 748. The number of hydrogen-bond donors (Lipinski definition) is 2. The van der Waals surface area contributed by atoms with Crippen LogP contribution in [0.25, 0.3) is 0 Å². The Morgan fingerprint density at radius 3 is 2.84 bits per heavy atom. The molecule has 0 saturated heterocycles. The standard InChI is InChI=1S/C19H25N3O3/c1-19(2,3)16-12-17(21-25-16)20-18(24)22(10-11-23)15-9-8-13-6-4-5-7-14(13)15/h4-7,12,15,23H,8-11H2,1-3H3,(H,20,21,24). The fourth-order valence-electron chi connectivity index (χ4n) is 3.23. The minimum atomic E-state index is -0.274. The van der Waals surface area contributed by atoms with Gasteiger partial charge < -0.3 is 14.5 Å². The Hall–Kier alpha value is -2.34. The summed E-state index contributed by atoms with van der Waals surface area (Å²) in [7, 11) is 0. The molecular weight excluding hydrogens is 318 g/mol. The molecule has 1 aromatic heterocycles. The van der Waals surface area contributed by atoms with Gasteiger partial charge in [0.15, 0.2) is 5.82 Å². The van der Waals surface area contributed by atoms with Gasteiger partial charge in [-0.3, -0.25) is 5.32 Å². The van der Waals surface area contributed by atoms with Crippen LogP contribution in [0.4, 0.5) is 10.6 Å². The van der Waals surface area contributed by atoms with E-state index in [2.05, 4.69) is 22.6 Å². The van der Waals surface area contributed by atoms with Gasteiger partial charge in [-0.05, 0) is 24.0 Å². The van der Waals surface area contributed by atoms with E-state index >= 15 is 0 Å². The molecule has 0 spiro atoms. The van der Waals surface area contributed by atoms with Gasteiger partial charge in [0.1, 0.15) is 5.76 Å². The number of aryl methyl sites for hydroxylation is 1. The van der Waals surface area contributed by atoms with E-state index in [4.69, 9.17) is 4.52 Å². The number of carbonyl (C=O) groups excluding carboxylic acids is 1. The molecule has 134 valence electrons. The highest BCUT2D eigenvalue weighted by atomic mass is 16.5. The van der Waals surface area contributed by atoms with Crippen molar-refractivity contribution in [3.05, 3.63) is 47.2 Å². The summed E-state index contributed by atoms with van der Waals surface area (Å²) < 4.78 is 5.32. The molecule has 6 heteroatoms. The number of benzene rings is 1. The lowest BCUT2D eigenvalue weighted by atomic mass is 9.93. The Morgan fingerprint density at radius 2 is 2.16 bits per heavy atom. The summed E-state index contributed by atoms with van der Waals surface area (Å²) in [5.74, 6) is 1.10. The number of aliphatic hydroxyl groups excluding tert-OH is 1. The number of nitrogens with zero attached hydrogens (tertiary/aromatic N) is 2. The van der Waals surface area contributed by atoms with Crippen molar-refractivity contribution in [2.75, 3.05) is 18.5 Å². The largest absolute Gasteiger partial charge is 0.395 e. The molecule has 2 amide bonds. The lowest BCUT2D eigenvalue weighted by Crippen LogP contribution is -2.39. The zero-order valence-corrected chi connectivity index (χ0v) is 15.0. The van der Waals surface area contributed by atoms with Gasteiger partial charge in [0, 0.05) is 18.0 Å². The smallest absolute Gasteiger partial charge is 0.323 e. The molecule has 2 aromatic rings. The topological polar surface area (TPSA) is 78.6 Å². The number of aromatic nitrogens is 1. The van der Waals surface area contributed by atoms with E-state index < -0.39 is 0 Å². The second kappa shape index (κ2) is 6.88. The molecule has 0 aliphatic heterocycles. The molecule has 1 unspecified atom stereocenters. The lowest BCUT2D eigenvalue weighted by molar-refractivity contribution is 0.162. The van der Waals surface area contributed by atoms with E-state index in [1.807, 2.05) is 32.9 Å². The summed E-state index contributed by atoms with van der Waals surface area (Å²) in [5, 5.41) is 16.2. The van der Waals surface area contributed by atoms with E-state index in [0.29, 0.717) is 11.6 Å². The number of anilines is 1. The highest BCUT2D eigenvalue weighted by molar-refractivity contribution is 5.88. The first kappa shape index (κ1) is 17.5. The molecule has 1 aliphatic carbocycles. The van der Waals surface area contributed by atoms with Gasteiger partial charge in [0.2, 0.25) is 0 Å². The summed E-state index contributed by atoms with van der Waals surface area (Å²) in [6, 6.07) is 9.59. The van der Waals surface area contributed by atoms with E-state index in [0.717, 1.165) is 18.4 Å². The van der Waals surface area contributed by atoms with Crippen molar-refractivity contribution in [2.24, 2.45) is 0 Å². The number of amides is 2. The van der Waals surface area contributed by atoms with Crippen LogP contribution in [0.1, 0.15) is 50.1 Å². The third kappa shape index (κ3) is 3.69. The Balaban J connectivity index is 1.77. The fourth-order valence-corrected chi connectivity index (χ4v) is 3.23. The molecule has 0 saturated carbocycles. The number of aliphatic hydroxyl groups is 1. The number of fused-ring (bicyclic) bond motifs is 1. The number of hydrogen-bond acceptors (Lipinski definition) is 4. The first-order valence-corrected chi connectivity index (χ1v) is 8.63. The van der Waals surface area contributed by atoms with Gasteiger partial charge in [0.05, 0.1) is 12.6 Å². The fraction of sp³-hybridized carbons (Fsp3) is 0.474. The Labute approximate surface area is 147 Å². The number of nitrogens with one attached hydrogen (secondary N) is 1. The predicted molar refractivity (Wildman–Crippen MR) is 95.5 cm³/mol. The third-order valence-corrected chi connectivity index (χ3v) is 4.56. The molecule has 1 heterocycles. The monoisotopic (exact) mass is 343 g/mol. The Morgan fingerprint density at radius 1 is 1.40 bits per heavy atom. The van der Waals surface area contributed by atoms with Gasteiger partial charge in [0.25, 0.3) is 0 Å². The summed E-state index contributed by atoms with van der Waals surface area (Å²) >= 11 is 0. The zero-order valence-electron chi connectivity index (χ0n) is 15.0. The first-order chi connectivity index (χ1) is 11.9. The van der Waals surface area contributed by atoms with E-state index in [1.54, 1.807) is 11.0 Å². The normalized spacial score (nSPS) is 16.6. The second-order valence-corrected chi connectivity index (χ2v) is 7.43.